The van der Waals surface area contributed by atoms with E-state index in [4.69, 9.17) is 9.47 Å². The molecule has 1 aliphatic carbocycles. The highest BCUT2D eigenvalue weighted by atomic mass is 32.1. The number of benzene rings is 3. The van der Waals surface area contributed by atoms with Gasteiger partial charge in [-0.25, -0.2) is 9.67 Å². The Kier molecular flexibility index (Phi) is 15.5. The van der Waals surface area contributed by atoms with Crippen LogP contribution in [0.25, 0.3) is 16.1 Å². The molecule has 3 heterocycles. The normalized spacial score (nSPS) is 20.2. The molecule has 0 spiro atoms. The van der Waals surface area contributed by atoms with Gasteiger partial charge in [0.25, 0.3) is 5.91 Å². The van der Waals surface area contributed by atoms with Crippen LogP contribution in [-0.2, 0) is 31.7 Å². The average Bonchev–Trinajstić information content (AvgIpc) is 4.09. The SMILES string of the molecule is Cc1ncsc1-c1ccc([C@H](C)NC(=O)[C@@H]2C[C@@H](O)CN2C(=O)[C@@H](CC(=O)COCCc2cn(-c3ccc(C(=O)NC4C(C)(C)C(Oc5ccc(C#N)c(C(F)(F)F)c5)C4(C)C)cc3)nn2)C(C)(C)C)cc1. The molecule has 0 bridgehead atoms. The highest BCUT2D eigenvalue weighted by Crippen LogP contribution is 2.56. The number of Topliss-reactive ketones (excluding diaryl/α,β-unsaturated/α-hetero) is 1. The maximum Gasteiger partial charge on any atom is 0.417 e. The molecule has 15 nitrogen and oxygen atoms in total. The minimum Gasteiger partial charge on any atom is -0.489 e. The fraction of sp³-hybridized carbons (Fsp3) is 0.472. The molecule has 382 valence electrons. The molecule has 3 aromatic carbocycles. The molecule has 72 heavy (non-hydrogen) atoms. The number of nitrogens with zero attached hydrogens (tertiary/aromatic N) is 6. The van der Waals surface area contributed by atoms with Crippen molar-refractivity contribution in [2.24, 2.45) is 22.2 Å². The van der Waals surface area contributed by atoms with Crippen LogP contribution in [0.2, 0.25) is 0 Å². The first-order valence-corrected chi connectivity index (χ1v) is 24.7. The van der Waals surface area contributed by atoms with E-state index in [0.717, 1.165) is 33.8 Å². The van der Waals surface area contributed by atoms with Gasteiger partial charge >= 0.3 is 6.18 Å². The first-order chi connectivity index (χ1) is 33.8. The summed E-state index contributed by atoms with van der Waals surface area (Å²) in [6.07, 6.45) is -4.18. The summed E-state index contributed by atoms with van der Waals surface area (Å²) in [7, 11) is 0. The molecule has 1 saturated heterocycles. The summed E-state index contributed by atoms with van der Waals surface area (Å²) in [4.78, 5) is 61.5. The van der Waals surface area contributed by atoms with Crippen LogP contribution in [0.4, 0.5) is 13.2 Å². The van der Waals surface area contributed by atoms with Crippen LogP contribution < -0.4 is 15.4 Å². The predicted molar refractivity (Wildman–Crippen MR) is 263 cm³/mol. The van der Waals surface area contributed by atoms with E-state index in [1.165, 1.54) is 11.0 Å². The summed E-state index contributed by atoms with van der Waals surface area (Å²) in [5.74, 6) is -2.19. The Morgan fingerprint density at radius 1 is 1.00 bits per heavy atom. The molecule has 1 aliphatic heterocycles. The number of nitrogens with one attached hydrogen (secondary N) is 2. The molecule has 19 heteroatoms. The minimum absolute atomic E-state index is 0.0199. The quantitative estimate of drug-likeness (QED) is 0.0758. The zero-order valence-electron chi connectivity index (χ0n) is 41.8. The monoisotopic (exact) mass is 1010 g/mol. The van der Waals surface area contributed by atoms with E-state index >= 15 is 0 Å². The number of ketones is 1. The molecular weight excluding hydrogens is 950 g/mol. The lowest BCUT2D eigenvalue weighted by atomic mass is 9.49. The van der Waals surface area contributed by atoms with Gasteiger partial charge in [0.15, 0.2) is 5.78 Å². The highest BCUT2D eigenvalue weighted by Gasteiger charge is 2.64. The number of hydrogen-bond acceptors (Lipinski definition) is 12. The van der Waals surface area contributed by atoms with Gasteiger partial charge in [0.2, 0.25) is 11.8 Å². The molecule has 0 radical (unpaired) electrons. The second-order valence-electron chi connectivity index (χ2n) is 21.0. The van der Waals surface area contributed by atoms with Crippen LogP contribution in [-0.4, -0.2) is 97.5 Å². The van der Waals surface area contributed by atoms with Crippen LogP contribution in [0.1, 0.15) is 113 Å². The maximum absolute atomic E-state index is 14.2. The van der Waals surface area contributed by atoms with Gasteiger partial charge < -0.3 is 30.1 Å². The van der Waals surface area contributed by atoms with Gasteiger partial charge in [0.05, 0.1) is 69.6 Å². The first kappa shape index (κ1) is 53.3. The molecule has 2 fully saturated rings. The summed E-state index contributed by atoms with van der Waals surface area (Å²) in [6.45, 7) is 16.8. The van der Waals surface area contributed by atoms with Gasteiger partial charge in [0.1, 0.15) is 24.5 Å². The topological polar surface area (TPSA) is 202 Å². The summed E-state index contributed by atoms with van der Waals surface area (Å²) in [5, 5.41) is 34.4. The van der Waals surface area contributed by atoms with Crippen LogP contribution >= 0.6 is 11.3 Å². The lowest BCUT2D eigenvalue weighted by molar-refractivity contribution is -0.164. The van der Waals surface area contributed by atoms with Crippen LogP contribution in [0.5, 0.6) is 5.75 Å². The van der Waals surface area contributed by atoms with Crippen LogP contribution in [0.15, 0.2) is 78.4 Å². The Morgan fingerprint density at radius 2 is 1.68 bits per heavy atom. The number of ether oxygens (including phenoxy) is 2. The number of likely N-dealkylation sites (tertiary alicyclic amines) is 1. The Morgan fingerprint density at radius 3 is 2.29 bits per heavy atom. The zero-order valence-corrected chi connectivity index (χ0v) is 42.7. The number of amides is 3. The van der Waals surface area contributed by atoms with E-state index in [9.17, 15) is 42.7 Å². The molecule has 3 N–H and O–H groups in total. The van der Waals surface area contributed by atoms with E-state index in [1.54, 1.807) is 58.1 Å². The molecule has 5 aromatic rings. The number of nitriles is 1. The maximum atomic E-state index is 14.2. The molecule has 7 rings (SSSR count). The van der Waals surface area contributed by atoms with Crippen molar-refractivity contribution in [3.05, 3.63) is 112 Å². The van der Waals surface area contributed by atoms with Crippen molar-refractivity contribution in [1.82, 2.24) is 35.5 Å². The number of hydrogen-bond donors (Lipinski definition) is 3. The standard InChI is InChI=1S/C53H61F3N8O7S/c1-30(32-10-12-33(13-11-32)44-31(2)58-29-72-44)59-46(68)43-23-38(65)27-63(43)47(69)42(50(3,4)5)22-39(66)28-70-21-20-36-26-64(62-61-36)37-17-14-34(15-18-37)45(67)60-48-51(6,7)49(52(48,8)9)71-40-19-16-35(25-57)41(24-40)53(54,55)56/h10-19,24,26,29-30,38,42-43,48-49,65H,20-23,27-28H2,1-9H3,(H,59,68)(H,60,67)/t30-,38+,42+,43-,48?,49?/m0/s1. The summed E-state index contributed by atoms with van der Waals surface area (Å²) >= 11 is 1.56. The minimum atomic E-state index is -4.73. The van der Waals surface area contributed by atoms with E-state index in [2.05, 4.69) is 25.9 Å². The summed E-state index contributed by atoms with van der Waals surface area (Å²) in [6, 6.07) is 17.8. The van der Waals surface area contributed by atoms with Gasteiger partial charge in [0, 0.05) is 54.2 Å². The van der Waals surface area contributed by atoms with Gasteiger partial charge in [-0.05, 0) is 72.9 Å². The van der Waals surface area contributed by atoms with E-state index in [1.807, 2.05) is 86.6 Å². The summed E-state index contributed by atoms with van der Waals surface area (Å²) < 4.78 is 54.3. The van der Waals surface area contributed by atoms with Crippen molar-refractivity contribution >= 4 is 34.8 Å². The number of carbonyl (C=O) groups is 4. The van der Waals surface area contributed by atoms with Crippen molar-refractivity contribution in [3.8, 4) is 27.9 Å². The number of aromatic nitrogens is 4. The predicted octanol–water partition coefficient (Wildman–Crippen LogP) is 8.22. The second-order valence-corrected chi connectivity index (χ2v) is 21.9. The fourth-order valence-corrected chi connectivity index (χ4v) is 11.0. The number of aliphatic hydroxyl groups excluding tert-OH is 1. The molecule has 3 amide bonds. The van der Waals surface area contributed by atoms with Crippen LogP contribution in [0.3, 0.4) is 0 Å². The third kappa shape index (κ3) is 11.6. The Balaban J connectivity index is 0.876. The molecule has 2 aromatic heterocycles. The molecule has 0 unspecified atom stereocenters. The first-order valence-electron chi connectivity index (χ1n) is 23.8. The number of aryl methyl sites for hydroxylation is 1. The number of thiazole rings is 1. The van der Waals surface area contributed by atoms with Crippen molar-refractivity contribution in [2.75, 3.05) is 19.8 Å². The molecular formula is C53H61F3N8O7S. The Labute approximate surface area is 421 Å². The van der Waals surface area contributed by atoms with Gasteiger partial charge in [-0.15, -0.1) is 16.4 Å². The van der Waals surface area contributed by atoms with Crippen molar-refractivity contribution < 1.29 is 46.9 Å². The van der Waals surface area contributed by atoms with Crippen LogP contribution in [0, 0.1) is 40.4 Å². The van der Waals surface area contributed by atoms with Crippen molar-refractivity contribution in [3.63, 3.8) is 0 Å². The smallest absolute Gasteiger partial charge is 0.417 e. The highest BCUT2D eigenvalue weighted by molar-refractivity contribution is 7.13. The average molecular weight is 1010 g/mol. The Hall–Kier alpha value is -6.49. The second kappa shape index (κ2) is 20.9. The molecule has 2 aliphatic rings. The lowest BCUT2D eigenvalue weighted by Gasteiger charge is -2.63. The van der Waals surface area contributed by atoms with Gasteiger partial charge in [-0.2, -0.15) is 18.4 Å². The number of carbonyl (C=O) groups excluding carboxylic acids is 4. The van der Waals surface area contributed by atoms with Gasteiger partial charge in [-0.1, -0.05) is 77.9 Å². The molecule has 4 atom stereocenters. The van der Waals surface area contributed by atoms with Crippen molar-refractivity contribution in [1.29, 1.82) is 5.26 Å². The number of β-amino-alcohol motifs (C(OH)–C–C–N with tert-alkyl or cyclic N) is 1. The Bertz CT molecular complexity index is 2810. The van der Waals surface area contributed by atoms with Gasteiger partial charge in [-0.3, -0.25) is 19.2 Å². The lowest BCUT2D eigenvalue weighted by Crippen LogP contribution is -2.74. The molecule has 1 saturated carbocycles. The van der Waals surface area contributed by atoms with Crippen molar-refractivity contribution in [2.45, 2.75) is 118 Å². The number of halogens is 3. The fourth-order valence-electron chi connectivity index (χ4n) is 10.2. The van der Waals surface area contributed by atoms with E-state index in [-0.39, 0.29) is 67.9 Å². The largest absolute Gasteiger partial charge is 0.489 e. The third-order valence-corrected chi connectivity index (χ3v) is 14.9. The summed E-state index contributed by atoms with van der Waals surface area (Å²) in [5.41, 5.74) is 2.70. The number of alkyl halides is 3. The zero-order chi connectivity index (χ0) is 52.5. The number of rotatable bonds is 17. The third-order valence-electron chi connectivity index (χ3n) is 13.9. The van der Waals surface area contributed by atoms with E-state index < -0.39 is 63.8 Å². The number of aliphatic hydroxyl groups is 1. The van der Waals surface area contributed by atoms with E-state index in [0.29, 0.717) is 23.4 Å².